The molecule has 0 saturated heterocycles. The minimum atomic E-state index is -1.27. The number of benzodiazepines with no additional fused rings is 1. The van der Waals surface area contributed by atoms with Gasteiger partial charge in [-0.2, -0.15) is 0 Å². The van der Waals surface area contributed by atoms with Gasteiger partial charge in [0.15, 0.2) is 0 Å². The van der Waals surface area contributed by atoms with Crippen molar-refractivity contribution in [3.63, 3.8) is 0 Å². The summed E-state index contributed by atoms with van der Waals surface area (Å²) in [6.45, 7) is 0. The van der Waals surface area contributed by atoms with Gasteiger partial charge in [-0.1, -0.05) is 30.3 Å². The number of aromatic nitrogens is 1. The molecule has 170 valence electrons. The maximum Gasteiger partial charge on any atom is 0.272 e. The quantitative estimate of drug-likeness (QED) is 0.494. The molecule has 0 radical (unpaired) electrons. The SMILES string of the molecule is CN1C(=O)C(NC(=O)c2cc3ccc(O)cc3n2C)N=C(c2ccccc2F)c2ccccc21. The molecule has 3 aromatic carbocycles. The summed E-state index contributed by atoms with van der Waals surface area (Å²) in [5.41, 5.74) is 2.61. The molecule has 34 heavy (non-hydrogen) atoms. The van der Waals surface area contributed by atoms with Crippen LogP contribution in [0.15, 0.2) is 77.8 Å². The maximum absolute atomic E-state index is 14.8. The summed E-state index contributed by atoms with van der Waals surface area (Å²) in [7, 11) is 3.29. The number of phenolic OH excluding ortho intramolecular Hbond substituents is 1. The smallest absolute Gasteiger partial charge is 0.272 e. The van der Waals surface area contributed by atoms with Gasteiger partial charge in [0.25, 0.3) is 11.8 Å². The Morgan fingerprint density at radius 3 is 2.47 bits per heavy atom. The van der Waals surface area contributed by atoms with Crippen molar-refractivity contribution >= 4 is 34.1 Å². The van der Waals surface area contributed by atoms with Crippen molar-refractivity contribution < 1.29 is 19.1 Å². The number of likely N-dealkylation sites (N-methyl/N-ethyl adjacent to an activating group) is 1. The first-order valence-corrected chi connectivity index (χ1v) is 10.6. The fourth-order valence-corrected chi connectivity index (χ4v) is 4.22. The number of hydrogen-bond donors (Lipinski definition) is 2. The van der Waals surface area contributed by atoms with Crippen LogP contribution in [0.2, 0.25) is 0 Å². The zero-order valence-electron chi connectivity index (χ0n) is 18.5. The van der Waals surface area contributed by atoms with Crippen LogP contribution in [0.3, 0.4) is 0 Å². The number of amides is 2. The van der Waals surface area contributed by atoms with E-state index in [1.165, 1.54) is 17.0 Å². The number of carbonyl (C=O) groups excluding carboxylic acids is 2. The van der Waals surface area contributed by atoms with Crippen molar-refractivity contribution in [2.75, 3.05) is 11.9 Å². The first-order valence-electron chi connectivity index (χ1n) is 10.6. The Balaban J connectivity index is 1.59. The predicted octanol–water partition coefficient (Wildman–Crippen LogP) is 3.59. The summed E-state index contributed by atoms with van der Waals surface area (Å²) >= 11 is 0. The van der Waals surface area contributed by atoms with Gasteiger partial charge in [0, 0.05) is 36.7 Å². The van der Waals surface area contributed by atoms with Gasteiger partial charge in [0.05, 0.1) is 16.9 Å². The Hall–Kier alpha value is -4.46. The fourth-order valence-electron chi connectivity index (χ4n) is 4.22. The molecule has 8 heteroatoms. The van der Waals surface area contributed by atoms with Crippen LogP contribution in [0.1, 0.15) is 21.6 Å². The van der Waals surface area contributed by atoms with Gasteiger partial charge in [-0.05, 0) is 36.4 Å². The first-order chi connectivity index (χ1) is 16.3. The summed E-state index contributed by atoms with van der Waals surface area (Å²) in [4.78, 5) is 32.5. The number of aryl methyl sites for hydroxylation is 1. The van der Waals surface area contributed by atoms with Crippen LogP contribution in [-0.2, 0) is 11.8 Å². The van der Waals surface area contributed by atoms with E-state index >= 15 is 0 Å². The number of hydrogen-bond acceptors (Lipinski definition) is 4. The highest BCUT2D eigenvalue weighted by Crippen LogP contribution is 2.28. The van der Waals surface area contributed by atoms with E-state index in [2.05, 4.69) is 10.3 Å². The van der Waals surface area contributed by atoms with Crippen LogP contribution in [0.5, 0.6) is 5.75 Å². The van der Waals surface area contributed by atoms with Crippen LogP contribution in [0, 0.1) is 5.82 Å². The van der Waals surface area contributed by atoms with Crippen molar-refractivity contribution in [3.05, 3.63) is 95.4 Å². The van der Waals surface area contributed by atoms with Crippen LogP contribution < -0.4 is 10.2 Å². The lowest BCUT2D eigenvalue weighted by Gasteiger charge is -2.21. The Labute approximate surface area is 194 Å². The second-order valence-electron chi connectivity index (χ2n) is 8.08. The zero-order chi connectivity index (χ0) is 24.0. The number of nitrogens with zero attached hydrogens (tertiary/aromatic N) is 3. The van der Waals surface area contributed by atoms with Gasteiger partial charge in [-0.25, -0.2) is 9.38 Å². The summed E-state index contributed by atoms with van der Waals surface area (Å²) < 4.78 is 16.4. The molecule has 0 saturated carbocycles. The molecule has 4 aromatic rings. The number of phenols is 1. The highest BCUT2D eigenvalue weighted by atomic mass is 19.1. The number of rotatable bonds is 3. The molecule has 1 atom stereocenters. The highest BCUT2D eigenvalue weighted by Gasteiger charge is 2.32. The number of fused-ring (bicyclic) bond motifs is 2. The first kappa shape index (κ1) is 21.4. The molecule has 2 amide bonds. The third-order valence-electron chi connectivity index (χ3n) is 6.00. The number of aliphatic imine (C=N–C) groups is 1. The van der Waals surface area contributed by atoms with Crippen LogP contribution in [0.25, 0.3) is 10.9 Å². The number of nitrogens with one attached hydrogen (secondary N) is 1. The largest absolute Gasteiger partial charge is 0.508 e. The molecule has 1 unspecified atom stereocenters. The van der Waals surface area contributed by atoms with Crippen LogP contribution >= 0.6 is 0 Å². The molecule has 7 nitrogen and oxygen atoms in total. The molecule has 2 heterocycles. The lowest BCUT2D eigenvalue weighted by atomic mass is 10.00. The summed E-state index contributed by atoms with van der Waals surface area (Å²) in [6, 6.07) is 19.8. The molecule has 0 fully saturated rings. The Kier molecular flexibility index (Phi) is 5.13. The summed E-state index contributed by atoms with van der Waals surface area (Å²) in [6.07, 6.45) is -1.27. The van der Waals surface area contributed by atoms with E-state index in [0.717, 1.165) is 5.39 Å². The monoisotopic (exact) mass is 456 g/mol. The Morgan fingerprint density at radius 1 is 1.00 bits per heavy atom. The van der Waals surface area contributed by atoms with E-state index in [1.54, 1.807) is 79.3 Å². The summed E-state index contributed by atoms with van der Waals surface area (Å²) in [5, 5.41) is 13.3. The second kappa shape index (κ2) is 8.15. The van der Waals surface area contributed by atoms with Gasteiger partial charge >= 0.3 is 0 Å². The number of benzene rings is 3. The zero-order valence-corrected chi connectivity index (χ0v) is 18.5. The minimum Gasteiger partial charge on any atom is -0.508 e. The lowest BCUT2D eigenvalue weighted by Crippen LogP contribution is -2.46. The molecule has 2 N–H and O–H groups in total. The van der Waals surface area contributed by atoms with E-state index in [1.807, 2.05) is 0 Å². The molecule has 1 aromatic heterocycles. The maximum atomic E-state index is 14.8. The number of anilines is 1. The number of aromatic hydroxyl groups is 1. The lowest BCUT2D eigenvalue weighted by molar-refractivity contribution is -0.119. The standard InChI is InChI=1S/C26H21FN4O3/c1-30-21-14-16(32)12-11-15(21)13-22(30)25(33)29-24-26(34)31(2)20-10-6-4-8-18(20)23(28-24)17-7-3-5-9-19(17)27/h3-14,24,32H,1-2H3,(H,29,33). The number of halogens is 1. The fraction of sp³-hybridized carbons (Fsp3) is 0.115. The normalized spacial score (nSPS) is 15.6. The van der Waals surface area contributed by atoms with E-state index in [4.69, 9.17) is 0 Å². The molecular formula is C26H21FN4O3. The van der Waals surface area contributed by atoms with Gasteiger partial charge in [-0.15, -0.1) is 0 Å². The van der Waals surface area contributed by atoms with Gasteiger partial charge in [0.1, 0.15) is 17.3 Å². The Bertz CT molecular complexity index is 1490. The summed E-state index contributed by atoms with van der Waals surface area (Å²) in [5.74, 6) is -1.37. The molecule has 0 spiro atoms. The van der Waals surface area contributed by atoms with Gasteiger partial charge in [0.2, 0.25) is 6.17 Å². The van der Waals surface area contributed by atoms with Crippen LogP contribution in [0.4, 0.5) is 10.1 Å². The van der Waals surface area contributed by atoms with Crippen molar-refractivity contribution in [3.8, 4) is 5.75 Å². The highest BCUT2D eigenvalue weighted by molar-refractivity contribution is 6.20. The predicted molar refractivity (Wildman–Crippen MR) is 128 cm³/mol. The molecule has 0 bridgehead atoms. The molecule has 1 aliphatic rings. The average Bonchev–Trinajstić information content (AvgIpc) is 3.12. The van der Waals surface area contributed by atoms with Crippen molar-refractivity contribution in [2.45, 2.75) is 6.17 Å². The number of para-hydroxylation sites is 1. The molecule has 5 rings (SSSR count). The Morgan fingerprint density at radius 2 is 1.71 bits per heavy atom. The van der Waals surface area contributed by atoms with Gasteiger partial charge in [-0.3, -0.25) is 9.59 Å². The van der Waals surface area contributed by atoms with E-state index in [-0.39, 0.29) is 17.0 Å². The molecule has 1 aliphatic heterocycles. The topological polar surface area (TPSA) is 86.9 Å². The van der Waals surface area contributed by atoms with Crippen molar-refractivity contribution in [1.82, 2.24) is 9.88 Å². The third-order valence-corrected chi connectivity index (χ3v) is 6.00. The van der Waals surface area contributed by atoms with E-state index in [9.17, 15) is 19.1 Å². The van der Waals surface area contributed by atoms with E-state index < -0.39 is 23.8 Å². The van der Waals surface area contributed by atoms with Crippen molar-refractivity contribution in [2.24, 2.45) is 12.0 Å². The van der Waals surface area contributed by atoms with Crippen molar-refractivity contribution in [1.29, 1.82) is 0 Å². The van der Waals surface area contributed by atoms with Crippen LogP contribution in [-0.4, -0.2) is 40.4 Å². The van der Waals surface area contributed by atoms with E-state index in [0.29, 0.717) is 22.5 Å². The minimum absolute atomic E-state index is 0.0816. The molecular weight excluding hydrogens is 435 g/mol. The second-order valence-corrected chi connectivity index (χ2v) is 8.08. The third kappa shape index (κ3) is 3.49. The molecule has 0 aliphatic carbocycles. The van der Waals surface area contributed by atoms with Gasteiger partial charge < -0.3 is 19.9 Å². The average molecular weight is 456 g/mol. The number of carbonyl (C=O) groups is 2.